The highest BCUT2D eigenvalue weighted by molar-refractivity contribution is 8.26. The third-order valence-corrected chi connectivity index (χ3v) is 8.32. The lowest BCUT2D eigenvalue weighted by Crippen LogP contribution is -2.25. The van der Waals surface area contributed by atoms with E-state index in [-0.39, 0.29) is 85.6 Å². The molecule has 26 nitrogen and oxygen atoms in total. The lowest BCUT2D eigenvalue weighted by Gasteiger charge is -2.12. The Hall–Kier alpha value is -3.48. The maximum Gasteiger partial charge on any atom is 0.305 e. The second kappa shape index (κ2) is 142. The Morgan fingerprint density at radius 2 is 0.573 bits per heavy atom. The topological polar surface area (TPSA) is 406 Å². The minimum atomic E-state index is -1.67. The number of nitrogens with zero attached hydrogens (tertiary/aromatic N) is 5. The Balaban J connectivity index is -0.0000000355. The molecule has 0 aliphatic rings. The molecule has 0 aromatic rings. The maximum absolute atomic E-state index is 10.6. The Bertz CT molecular complexity index is 1110. The molecule has 0 atom stereocenters. The molecular weight excluding hydrogens is 1220 g/mol. The number of amides is 1. The van der Waals surface area contributed by atoms with Gasteiger partial charge in [-0.15, -0.1) is 0 Å². The number of aliphatic hydroxyl groups is 2. The molecule has 11 N–H and O–H groups in total. The second-order valence-corrected chi connectivity index (χ2v) is 19.1. The fourth-order valence-corrected chi connectivity index (χ4v) is 4.77. The van der Waals surface area contributed by atoms with Crippen LogP contribution in [0.25, 0.3) is 0 Å². The number of primary amides is 1. The van der Waals surface area contributed by atoms with E-state index in [1.165, 1.54) is 58.9 Å². The smallest absolute Gasteiger partial charge is 0.305 e. The molecule has 0 spiro atoms. The van der Waals surface area contributed by atoms with E-state index in [1.807, 2.05) is 46.6 Å². The molecule has 0 saturated heterocycles. The summed E-state index contributed by atoms with van der Waals surface area (Å²) in [5, 5.41) is 40.8. The van der Waals surface area contributed by atoms with Crippen LogP contribution in [0.15, 0.2) is 0 Å². The number of aliphatic hydroxyl groups excluding tert-OH is 2. The van der Waals surface area contributed by atoms with Gasteiger partial charge in [0.15, 0.2) is 14.1 Å². The number of halogens is 2. The fourth-order valence-electron chi connectivity index (χ4n) is 4.77. The van der Waals surface area contributed by atoms with Gasteiger partial charge in [-0.05, 0) is 140 Å². The normalized spacial score (nSPS) is 8.29. The first-order valence-electron chi connectivity index (χ1n) is 29.0. The van der Waals surface area contributed by atoms with E-state index in [0.717, 1.165) is 78.3 Å². The highest BCUT2D eigenvalue weighted by atomic mass is 36.0. The number of hydrogen-bond donors (Lipinski definition) is 6. The first kappa shape index (κ1) is 138. The molecule has 0 bridgehead atoms. The predicted octanol–water partition coefficient (Wildman–Crippen LogP) is 12.1. The maximum atomic E-state index is 10.6. The van der Waals surface area contributed by atoms with Gasteiger partial charge in [-0.25, -0.2) is 10.1 Å². The first-order chi connectivity index (χ1) is 39.1. The Kier molecular flexibility index (Phi) is 220. The van der Waals surface area contributed by atoms with Crippen LogP contribution in [-0.2, 0) is 52.1 Å². The average Bonchev–Trinajstić information content (AvgIpc) is 3.41. The predicted molar refractivity (Wildman–Crippen MR) is 380 cm³/mol. The molecule has 558 valence electrons. The van der Waals surface area contributed by atoms with E-state index >= 15 is 0 Å². The molecule has 29 heteroatoms. The molecule has 0 aliphatic heterocycles. The van der Waals surface area contributed by atoms with E-state index in [0.29, 0.717) is 71.6 Å². The molecule has 0 aromatic heterocycles. The van der Waals surface area contributed by atoms with Crippen molar-refractivity contribution in [3.63, 3.8) is 0 Å². The number of nitro groups is 2. The molecule has 0 rings (SSSR count). The second-order valence-electron chi connectivity index (χ2n) is 16.6. The van der Waals surface area contributed by atoms with Crippen molar-refractivity contribution in [2.75, 3.05) is 121 Å². The summed E-state index contributed by atoms with van der Waals surface area (Å²) in [6, 6.07) is 0. The summed E-state index contributed by atoms with van der Waals surface area (Å²) < 4.78 is 27.9. The van der Waals surface area contributed by atoms with Gasteiger partial charge >= 0.3 is 23.9 Å². The van der Waals surface area contributed by atoms with Gasteiger partial charge in [0.25, 0.3) is 0 Å². The molecular formula is C60H150Cl2N8O18S. The largest absolute Gasteiger partial charge is 0.466 e. The summed E-state index contributed by atoms with van der Waals surface area (Å²) in [4.78, 5) is 75.5. The van der Waals surface area contributed by atoms with Gasteiger partial charge in [-0.3, -0.25) is 44.2 Å². The summed E-state index contributed by atoms with van der Waals surface area (Å²) in [5.41, 5.74) is 9.34. The van der Waals surface area contributed by atoms with Gasteiger partial charge in [0.1, 0.15) is 0 Å². The molecule has 0 unspecified atom stereocenters. The van der Waals surface area contributed by atoms with Gasteiger partial charge in [-0.1, -0.05) is 132 Å². The number of carbonyl (C=O) groups is 5. The van der Waals surface area contributed by atoms with Crippen LogP contribution in [0.1, 0.15) is 249 Å². The molecule has 0 saturated carbocycles. The van der Waals surface area contributed by atoms with Crippen molar-refractivity contribution in [3.05, 3.63) is 20.2 Å². The van der Waals surface area contributed by atoms with Crippen LogP contribution in [0.5, 0.6) is 0 Å². The monoisotopic (exact) mass is 1370 g/mol. The summed E-state index contributed by atoms with van der Waals surface area (Å²) in [7, 11) is 16.8. The molecule has 0 aliphatic carbocycles. The minimum Gasteiger partial charge on any atom is -0.466 e. The van der Waals surface area contributed by atoms with E-state index in [4.69, 9.17) is 64.5 Å². The molecule has 0 aromatic carbocycles. The van der Waals surface area contributed by atoms with Gasteiger partial charge in [0.2, 0.25) is 15.1 Å². The third-order valence-electron chi connectivity index (χ3n) is 8.32. The highest BCUT2D eigenvalue weighted by Crippen LogP contribution is 1.98. The van der Waals surface area contributed by atoms with Gasteiger partial charge in [0.05, 0.1) is 39.6 Å². The van der Waals surface area contributed by atoms with E-state index in [2.05, 4.69) is 112 Å². The summed E-state index contributed by atoms with van der Waals surface area (Å²) in [5.74, 6) is 3.03. The summed E-state index contributed by atoms with van der Waals surface area (Å²) >= 11 is 0. The number of nitrogens with two attached hydrogens (primary N) is 3. The Morgan fingerprint density at radius 1 is 0.427 bits per heavy atom. The molecule has 0 fully saturated rings. The minimum absolute atomic E-state index is 0. The zero-order valence-corrected chi connectivity index (χ0v) is 58.4. The van der Waals surface area contributed by atoms with Crippen molar-refractivity contribution >= 4 is 60.4 Å². The Labute approximate surface area is 558 Å². The average molecular weight is 1370 g/mol. The van der Waals surface area contributed by atoms with Crippen LogP contribution in [0.4, 0.5) is 0 Å². The van der Waals surface area contributed by atoms with E-state index < -0.39 is 19.1 Å². The van der Waals surface area contributed by atoms with Gasteiger partial charge < -0.3 is 66.0 Å². The molecule has 89 heavy (non-hydrogen) atoms. The number of ether oxygens (including phenoxy) is 4. The van der Waals surface area contributed by atoms with Crippen LogP contribution in [-0.4, -0.2) is 201 Å². The summed E-state index contributed by atoms with van der Waals surface area (Å²) in [6.07, 6.45) is 17.9. The van der Waals surface area contributed by atoms with E-state index in [1.54, 1.807) is 0 Å². The van der Waals surface area contributed by atoms with Crippen molar-refractivity contribution in [2.45, 2.75) is 249 Å². The third kappa shape index (κ3) is 266. The number of likely N-dealkylation sites (N-methyl/N-ethyl adjacent to an activating group) is 1. The number of unbranched alkanes of at least 4 members (excludes halogenated alkanes) is 5. The first-order valence-corrected chi connectivity index (χ1v) is 31.8. The zero-order chi connectivity index (χ0) is 68.1. The summed E-state index contributed by atoms with van der Waals surface area (Å²) in [6.45, 7) is 35.0. The van der Waals surface area contributed by atoms with Crippen molar-refractivity contribution in [1.82, 2.24) is 14.7 Å². The number of esters is 4. The quantitative estimate of drug-likeness (QED) is 0.0123. The zero-order valence-electron chi connectivity index (χ0n) is 56.1. The lowest BCUT2D eigenvalue weighted by molar-refractivity contribution is -0.445. The van der Waals surface area contributed by atoms with Crippen LogP contribution in [0.3, 0.4) is 0 Å². The molecule has 0 radical (unpaired) electrons. The van der Waals surface area contributed by atoms with Crippen molar-refractivity contribution in [3.8, 4) is 0 Å². The number of carbonyl (C=O) groups excluding carboxylic acids is 5. The van der Waals surface area contributed by atoms with Crippen LogP contribution >= 0.6 is 21.4 Å². The van der Waals surface area contributed by atoms with Crippen molar-refractivity contribution < 1.29 is 77.9 Å². The lowest BCUT2D eigenvalue weighted by atomic mass is 10.2. The SMILES string of the molecule is C.C.C.C.C.CCCCC(=O)OCC.CCCCC(=O)OCC.CCCCC(=O)OCC.CCCCC(=O)OCC.CCCCC(N)=O.CCCN(C)CCC.CCCN(C)CCC.CN.CN(CCO)CCO.C[N+](=O)[O-].C[N+](=O)[O-].NO.O.O=S(Cl)Cl. The van der Waals surface area contributed by atoms with Gasteiger partial charge in [0, 0.05) is 76.4 Å². The number of hydrogen-bond acceptors (Lipinski definition) is 22. The highest BCUT2D eigenvalue weighted by Gasteiger charge is 2.00. The van der Waals surface area contributed by atoms with Crippen LogP contribution < -0.4 is 17.4 Å². The fraction of sp³-hybridized carbons (Fsp3) is 0.917. The molecule has 1 amide bonds. The van der Waals surface area contributed by atoms with Crippen LogP contribution in [0, 0.1) is 20.2 Å². The standard InChI is InChI=1S/2C7H17N.4C7H14O2.C5H13NO2.C5H11NO.2CH3NO2.CH5N.5CH4.Cl2OS.H3NO.H2O/c2*1-4-6-8(3)7-5-2;4*1-3-5-6-7(8)9-4-2;1-6(2-4-7)3-5-8;1-2-3-4-5(6)7;2*1-2(3)4;1-2;;;;;;1-4(2)3;1-2;/h2*4-7H2,1-3H3;4*3-6H2,1-2H3;7-8H,2-5H2,1H3;2-4H2,1H3,(H2,6,7);2*1H3;2H2,1H3;5*1H4;;2H,1H2;1H2. The number of rotatable bonds is 31. The van der Waals surface area contributed by atoms with Crippen molar-refractivity contribution in [2.24, 2.45) is 17.4 Å². The Morgan fingerprint density at radius 3 is 0.674 bits per heavy atom. The molecule has 0 heterocycles. The van der Waals surface area contributed by atoms with E-state index in [9.17, 15) is 24.0 Å². The van der Waals surface area contributed by atoms with Gasteiger partial charge in [-0.2, -0.15) is 0 Å². The van der Waals surface area contributed by atoms with Crippen LogP contribution in [0.2, 0.25) is 0 Å². The van der Waals surface area contributed by atoms with Crippen molar-refractivity contribution in [1.29, 1.82) is 0 Å².